The van der Waals surface area contributed by atoms with E-state index in [-0.39, 0.29) is 23.5 Å². The Morgan fingerprint density at radius 1 is 1.22 bits per heavy atom. The van der Waals surface area contributed by atoms with Crippen molar-refractivity contribution in [3.8, 4) is 11.4 Å². The van der Waals surface area contributed by atoms with E-state index in [1.165, 1.54) is 43.2 Å². The van der Waals surface area contributed by atoms with Crippen LogP contribution < -0.4 is 5.32 Å². The quantitative estimate of drug-likeness (QED) is 0.498. The predicted molar refractivity (Wildman–Crippen MR) is 124 cm³/mol. The van der Waals surface area contributed by atoms with Crippen LogP contribution in [0.25, 0.3) is 11.4 Å². The minimum absolute atomic E-state index is 0.0963. The van der Waals surface area contributed by atoms with Gasteiger partial charge in [-0.1, -0.05) is 43.7 Å². The Hall–Kier alpha value is -2.74. The summed E-state index contributed by atoms with van der Waals surface area (Å²) in [6.45, 7) is 4.17. The van der Waals surface area contributed by atoms with Gasteiger partial charge in [0.25, 0.3) is 0 Å². The molecule has 1 aliphatic rings. The molecular weight excluding hydrogens is 425 g/mol. The van der Waals surface area contributed by atoms with Gasteiger partial charge in [0.05, 0.1) is 11.8 Å². The zero-order valence-corrected chi connectivity index (χ0v) is 19.2. The van der Waals surface area contributed by atoms with Gasteiger partial charge < -0.3 is 5.32 Å². The lowest BCUT2D eigenvalue weighted by Gasteiger charge is -2.31. The van der Waals surface area contributed by atoms with Gasteiger partial charge in [-0.2, -0.15) is 0 Å². The first kappa shape index (κ1) is 22.5. The van der Waals surface area contributed by atoms with Gasteiger partial charge in [-0.15, -0.1) is 10.2 Å². The number of aromatic nitrogens is 4. The maximum atomic E-state index is 13.2. The molecule has 8 heteroatoms. The van der Waals surface area contributed by atoms with Crippen LogP contribution in [0.5, 0.6) is 0 Å². The Morgan fingerprint density at radius 2 is 2.00 bits per heavy atom. The molecule has 0 unspecified atom stereocenters. The third-order valence-electron chi connectivity index (χ3n) is 6.06. The standard InChI is InChI=1S/C24H28FN5OS/c1-16-6-3-4-8-21(16)30-23(19-7-5-13-26-14-19)28-29-24(30)32-15-22(31)27-17(2)18-9-11-20(25)12-10-18/h5,7,9-14,16-17,21H,3-4,6,8,15H2,1-2H3,(H,27,31)/t16-,17+,21-/m0/s1. The summed E-state index contributed by atoms with van der Waals surface area (Å²) in [6.07, 6.45) is 8.23. The van der Waals surface area contributed by atoms with Gasteiger partial charge in [0.1, 0.15) is 5.82 Å². The zero-order chi connectivity index (χ0) is 22.5. The zero-order valence-electron chi connectivity index (χ0n) is 18.4. The molecule has 0 saturated heterocycles. The Morgan fingerprint density at radius 3 is 2.72 bits per heavy atom. The van der Waals surface area contributed by atoms with E-state index in [9.17, 15) is 9.18 Å². The summed E-state index contributed by atoms with van der Waals surface area (Å²) in [6, 6.07) is 10.2. The minimum Gasteiger partial charge on any atom is -0.349 e. The summed E-state index contributed by atoms with van der Waals surface area (Å²) in [7, 11) is 0. The van der Waals surface area contributed by atoms with Crippen molar-refractivity contribution in [2.45, 2.75) is 56.8 Å². The fourth-order valence-electron chi connectivity index (χ4n) is 4.29. The second-order valence-corrected chi connectivity index (χ2v) is 9.32. The van der Waals surface area contributed by atoms with E-state index in [1.807, 2.05) is 19.1 Å². The lowest BCUT2D eigenvalue weighted by Crippen LogP contribution is -2.28. The normalized spacial score (nSPS) is 19.5. The van der Waals surface area contributed by atoms with E-state index in [1.54, 1.807) is 24.5 Å². The lowest BCUT2D eigenvalue weighted by atomic mass is 9.85. The van der Waals surface area contributed by atoms with Crippen molar-refractivity contribution >= 4 is 17.7 Å². The average Bonchev–Trinajstić information content (AvgIpc) is 3.23. The number of thioether (sulfide) groups is 1. The number of carbonyl (C=O) groups is 1. The van der Waals surface area contributed by atoms with Crippen molar-refractivity contribution in [3.63, 3.8) is 0 Å². The molecule has 0 spiro atoms. The second kappa shape index (κ2) is 10.3. The van der Waals surface area contributed by atoms with Crippen LogP contribution in [0.3, 0.4) is 0 Å². The fraction of sp³-hybridized carbons (Fsp3) is 0.417. The van der Waals surface area contributed by atoms with E-state index in [4.69, 9.17) is 0 Å². The molecule has 6 nitrogen and oxygen atoms in total. The number of nitrogens with zero attached hydrogens (tertiary/aromatic N) is 4. The van der Waals surface area contributed by atoms with E-state index >= 15 is 0 Å². The summed E-state index contributed by atoms with van der Waals surface area (Å²) >= 11 is 1.40. The van der Waals surface area contributed by atoms with Crippen molar-refractivity contribution in [2.24, 2.45) is 5.92 Å². The molecule has 0 aliphatic heterocycles. The highest BCUT2D eigenvalue weighted by atomic mass is 32.2. The highest BCUT2D eigenvalue weighted by molar-refractivity contribution is 7.99. The van der Waals surface area contributed by atoms with E-state index < -0.39 is 0 Å². The van der Waals surface area contributed by atoms with Crippen LogP contribution in [-0.2, 0) is 4.79 Å². The summed E-state index contributed by atoms with van der Waals surface area (Å²) in [5.41, 5.74) is 1.79. The Bertz CT molecular complexity index is 1040. The number of carbonyl (C=O) groups excluding carboxylic acids is 1. The molecule has 1 saturated carbocycles. The smallest absolute Gasteiger partial charge is 0.230 e. The number of amides is 1. The molecule has 2 heterocycles. The monoisotopic (exact) mass is 453 g/mol. The Labute approximate surface area is 192 Å². The van der Waals surface area contributed by atoms with E-state index in [0.717, 1.165) is 28.5 Å². The number of hydrogen-bond acceptors (Lipinski definition) is 5. The van der Waals surface area contributed by atoms with Crippen molar-refractivity contribution < 1.29 is 9.18 Å². The number of pyridine rings is 1. The van der Waals surface area contributed by atoms with Crippen LogP contribution in [0.4, 0.5) is 4.39 Å². The molecule has 1 aromatic carbocycles. The average molecular weight is 454 g/mol. The van der Waals surface area contributed by atoms with Gasteiger partial charge in [0.15, 0.2) is 11.0 Å². The van der Waals surface area contributed by atoms with Gasteiger partial charge in [0, 0.05) is 24.0 Å². The van der Waals surface area contributed by atoms with Crippen LogP contribution in [-0.4, -0.2) is 31.4 Å². The number of benzene rings is 1. The molecule has 2 aromatic heterocycles. The van der Waals surface area contributed by atoms with Gasteiger partial charge in [0.2, 0.25) is 5.91 Å². The van der Waals surface area contributed by atoms with Crippen LogP contribution in [0.1, 0.15) is 57.2 Å². The van der Waals surface area contributed by atoms with Crippen LogP contribution in [0.2, 0.25) is 0 Å². The predicted octanol–water partition coefficient (Wildman–Crippen LogP) is 5.20. The molecule has 1 amide bonds. The molecule has 3 atom stereocenters. The maximum absolute atomic E-state index is 13.2. The van der Waals surface area contributed by atoms with Crippen LogP contribution in [0.15, 0.2) is 53.9 Å². The van der Waals surface area contributed by atoms with E-state index in [0.29, 0.717) is 12.0 Å². The third-order valence-corrected chi connectivity index (χ3v) is 7.01. The first-order valence-electron chi connectivity index (χ1n) is 11.1. The van der Waals surface area contributed by atoms with Gasteiger partial charge >= 0.3 is 0 Å². The van der Waals surface area contributed by atoms with Gasteiger partial charge in [-0.05, 0) is 55.5 Å². The van der Waals surface area contributed by atoms with Crippen molar-refractivity contribution in [1.82, 2.24) is 25.1 Å². The molecule has 32 heavy (non-hydrogen) atoms. The largest absolute Gasteiger partial charge is 0.349 e. The fourth-order valence-corrected chi connectivity index (χ4v) is 5.10. The van der Waals surface area contributed by atoms with Crippen molar-refractivity contribution in [2.75, 3.05) is 5.75 Å². The highest BCUT2D eigenvalue weighted by Crippen LogP contribution is 2.38. The molecule has 0 radical (unpaired) electrons. The number of halogens is 1. The van der Waals surface area contributed by atoms with Gasteiger partial charge in [-0.3, -0.25) is 14.3 Å². The number of rotatable bonds is 7. The number of nitrogens with one attached hydrogen (secondary N) is 1. The molecule has 3 aromatic rings. The molecule has 4 rings (SSSR count). The third kappa shape index (κ3) is 5.18. The molecule has 1 aliphatic carbocycles. The molecule has 1 fully saturated rings. The maximum Gasteiger partial charge on any atom is 0.230 e. The summed E-state index contributed by atoms with van der Waals surface area (Å²) in [5.74, 6) is 1.17. The first-order valence-corrected chi connectivity index (χ1v) is 12.0. The van der Waals surface area contributed by atoms with E-state index in [2.05, 4.69) is 32.0 Å². The summed E-state index contributed by atoms with van der Waals surface area (Å²) in [4.78, 5) is 16.9. The van der Waals surface area contributed by atoms with Crippen molar-refractivity contribution in [1.29, 1.82) is 0 Å². The first-order chi connectivity index (χ1) is 15.5. The van der Waals surface area contributed by atoms with Crippen LogP contribution >= 0.6 is 11.8 Å². The van der Waals surface area contributed by atoms with Crippen molar-refractivity contribution in [3.05, 3.63) is 60.2 Å². The highest BCUT2D eigenvalue weighted by Gasteiger charge is 2.29. The topological polar surface area (TPSA) is 72.7 Å². The van der Waals surface area contributed by atoms with Gasteiger partial charge in [-0.25, -0.2) is 4.39 Å². The lowest BCUT2D eigenvalue weighted by molar-refractivity contribution is -0.119. The molecule has 168 valence electrons. The molecule has 0 bridgehead atoms. The summed E-state index contributed by atoms with van der Waals surface area (Å²) < 4.78 is 15.4. The Balaban J connectivity index is 1.50. The second-order valence-electron chi connectivity index (χ2n) is 8.38. The summed E-state index contributed by atoms with van der Waals surface area (Å²) in [5, 5.41) is 12.7. The Kier molecular flexibility index (Phi) is 7.19. The van der Waals surface area contributed by atoms with Crippen LogP contribution in [0, 0.1) is 11.7 Å². The molecule has 1 N–H and O–H groups in total. The molecular formula is C24H28FN5OS. The SMILES string of the molecule is C[C@@H](NC(=O)CSc1nnc(-c2cccnc2)n1[C@H]1CCCC[C@@H]1C)c1ccc(F)cc1. The minimum atomic E-state index is -0.288. The number of hydrogen-bond donors (Lipinski definition) is 1.